The second-order valence-corrected chi connectivity index (χ2v) is 22.5. The number of hydrogen-bond donors (Lipinski definition) is 2. The molecule has 328 valence electrons. The number of rotatable bonds is 10. The number of amides is 1. The molecule has 2 N–H and O–H groups in total. The minimum atomic E-state index is -0.865. The number of likely N-dealkylation sites (tertiary alicyclic amines) is 1. The third-order valence-electron chi connectivity index (χ3n) is 19.2. The number of aromatic amines is 1. The molecule has 9 heteroatoms. The zero-order valence-electron chi connectivity index (χ0n) is 38.2. The van der Waals surface area contributed by atoms with Gasteiger partial charge in [-0.2, -0.15) is 0 Å². The Morgan fingerprint density at radius 2 is 1.70 bits per heavy atom. The third-order valence-corrected chi connectivity index (χ3v) is 19.2. The second kappa shape index (κ2) is 15.4. The van der Waals surface area contributed by atoms with E-state index in [1.54, 1.807) is 13.1 Å². The number of esters is 1. The first kappa shape index (κ1) is 43.2. The number of aromatic nitrogens is 3. The van der Waals surface area contributed by atoms with E-state index in [9.17, 15) is 14.7 Å². The first-order chi connectivity index (χ1) is 28.3. The van der Waals surface area contributed by atoms with Crippen molar-refractivity contribution in [3.63, 3.8) is 0 Å². The maximum absolute atomic E-state index is 15.5. The summed E-state index contributed by atoms with van der Waals surface area (Å²) in [4.78, 5) is 56.1. The first-order valence-electron chi connectivity index (χ1n) is 23.6. The van der Waals surface area contributed by atoms with Crippen molar-refractivity contribution in [2.24, 2.45) is 74.4 Å². The quantitative estimate of drug-likeness (QED) is 0.180. The number of carbonyl (C=O) groups excluding carboxylic acids is 2. The van der Waals surface area contributed by atoms with Crippen molar-refractivity contribution in [3.8, 4) is 11.3 Å². The summed E-state index contributed by atoms with van der Waals surface area (Å²) in [6.07, 6.45) is 18.0. The monoisotopic (exact) mass is 823 g/mol. The SMILES string of the molecule is C=C(C)[C@@H]1CC[C@]2(C(=O)N3CCC[C@H]3c3ncc(-c4cccnc4)[nH]3)CC[C@]3(C)[C@H](CC[C@@H]4[C@@]5(C)CC[C@H](OC(=O)C(CC(C)C(=O)O)C(C)C)C(C)(C)[C@@H]5CC[C@]43C)[C@@H]12. The number of ether oxygens (including phenoxy) is 1. The van der Waals surface area contributed by atoms with E-state index >= 15 is 4.79 Å². The van der Waals surface area contributed by atoms with E-state index in [1.807, 2.05) is 38.4 Å². The van der Waals surface area contributed by atoms with Crippen LogP contribution < -0.4 is 0 Å². The Balaban J connectivity index is 1.04. The van der Waals surface area contributed by atoms with Gasteiger partial charge in [0, 0.05) is 29.9 Å². The van der Waals surface area contributed by atoms with E-state index in [2.05, 4.69) is 63.0 Å². The molecule has 1 saturated heterocycles. The van der Waals surface area contributed by atoms with Crippen LogP contribution in [0.2, 0.25) is 0 Å². The van der Waals surface area contributed by atoms with Crippen LogP contribution in [0.4, 0.5) is 0 Å². The van der Waals surface area contributed by atoms with Crippen LogP contribution in [0.25, 0.3) is 11.3 Å². The highest BCUT2D eigenvalue weighted by atomic mass is 16.5. The lowest BCUT2D eigenvalue weighted by molar-refractivity contribution is -0.250. The van der Waals surface area contributed by atoms with Gasteiger partial charge in [-0.1, -0.05) is 67.5 Å². The van der Waals surface area contributed by atoms with Gasteiger partial charge in [0.2, 0.25) is 5.91 Å². The number of hydrogen-bond acceptors (Lipinski definition) is 6. The molecule has 2 aromatic rings. The molecule has 1 aliphatic heterocycles. The number of imidazole rings is 1. The molecule has 60 heavy (non-hydrogen) atoms. The molecular formula is C51H74N4O5. The molecular weight excluding hydrogens is 749 g/mol. The van der Waals surface area contributed by atoms with Gasteiger partial charge in [0.05, 0.1) is 35.2 Å². The van der Waals surface area contributed by atoms with Gasteiger partial charge in [-0.15, -0.1) is 0 Å². The highest BCUT2D eigenvalue weighted by Gasteiger charge is 2.72. The molecule has 13 atom stereocenters. The van der Waals surface area contributed by atoms with Gasteiger partial charge in [-0.25, -0.2) is 4.98 Å². The maximum Gasteiger partial charge on any atom is 0.309 e. The van der Waals surface area contributed by atoms with E-state index in [0.29, 0.717) is 36.0 Å². The fourth-order valence-electron chi connectivity index (χ4n) is 15.8. The van der Waals surface area contributed by atoms with Crippen LogP contribution in [0.1, 0.15) is 158 Å². The largest absolute Gasteiger partial charge is 0.481 e. The maximum atomic E-state index is 15.5. The molecule has 2 aromatic heterocycles. The fraction of sp³-hybridized carbons (Fsp3) is 0.745. The molecule has 0 spiro atoms. The van der Waals surface area contributed by atoms with Gasteiger partial charge in [0.15, 0.2) is 0 Å². The van der Waals surface area contributed by atoms with Gasteiger partial charge in [0.1, 0.15) is 11.9 Å². The smallest absolute Gasteiger partial charge is 0.309 e. The average Bonchev–Trinajstić information content (AvgIpc) is 3.98. The van der Waals surface area contributed by atoms with Crippen molar-refractivity contribution in [1.82, 2.24) is 19.9 Å². The Morgan fingerprint density at radius 3 is 2.38 bits per heavy atom. The summed E-state index contributed by atoms with van der Waals surface area (Å²) in [5.41, 5.74) is 2.95. The number of aliphatic carboxylic acids is 1. The predicted molar refractivity (Wildman–Crippen MR) is 234 cm³/mol. The van der Waals surface area contributed by atoms with E-state index in [-0.39, 0.29) is 57.0 Å². The number of nitrogens with one attached hydrogen (secondary N) is 1. The summed E-state index contributed by atoms with van der Waals surface area (Å²) < 4.78 is 6.50. The molecule has 3 heterocycles. The topological polar surface area (TPSA) is 125 Å². The van der Waals surface area contributed by atoms with Crippen LogP contribution in [0.15, 0.2) is 42.9 Å². The minimum Gasteiger partial charge on any atom is -0.481 e. The Bertz CT molecular complexity index is 1970. The van der Waals surface area contributed by atoms with Gasteiger partial charge in [0.25, 0.3) is 0 Å². The molecule has 6 fully saturated rings. The number of nitrogens with zero attached hydrogens (tertiary/aromatic N) is 3. The fourth-order valence-corrected chi connectivity index (χ4v) is 15.8. The number of fused-ring (bicyclic) bond motifs is 7. The summed E-state index contributed by atoms with van der Waals surface area (Å²) in [7, 11) is 0. The van der Waals surface area contributed by atoms with Gasteiger partial charge in [-0.05, 0) is 154 Å². The Morgan fingerprint density at radius 1 is 0.933 bits per heavy atom. The number of pyridine rings is 1. The van der Waals surface area contributed by atoms with Crippen LogP contribution in [0.3, 0.4) is 0 Å². The lowest BCUT2D eigenvalue weighted by Gasteiger charge is -2.73. The number of carbonyl (C=O) groups is 3. The standard InChI is InChI=1S/C51H74N4O5/c1-30(2)34-17-22-51(46(59)55-26-12-14-38(55)43-53-29-37(54-43)33-13-11-25-52-28-33)24-23-49(9)36(42(34)51)15-16-40-48(8)20-19-41(47(6,7)39(48)18-21-50(40,49)10)60-45(58)35(31(3)4)27-32(5)44(56)57/h11,13,25,28-29,31-32,34-36,38-42H,1,12,14-24,26-27H2,2-10H3,(H,53,54)(H,56,57)/t32?,34-,35?,36+,38-,39-,40+,41-,42+,48-,49+,50+,51-/m0/s1. The van der Waals surface area contributed by atoms with E-state index in [0.717, 1.165) is 94.3 Å². The number of carboxylic acid groups (broad SMARTS) is 1. The molecule has 5 saturated carbocycles. The van der Waals surface area contributed by atoms with Crippen molar-refractivity contribution in [2.75, 3.05) is 6.54 Å². The number of carboxylic acids is 1. The zero-order valence-corrected chi connectivity index (χ0v) is 38.2. The Kier molecular flexibility index (Phi) is 11.1. The molecule has 2 unspecified atom stereocenters. The van der Waals surface area contributed by atoms with Crippen molar-refractivity contribution in [2.45, 2.75) is 158 Å². The van der Waals surface area contributed by atoms with E-state index in [4.69, 9.17) is 9.72 Å². The van der Waals surface area contributed by atoms with Gasteiger partial charge < -0.3 is 19.7 Å². The van der Waals surface area contributed by atoms with Crippen LogP contribution in [-0.4, -0.2) is 55.5 Å². The molecule has 0 radical (unpaired) electrons. The summed E-state index contributed by atoms with van der Waals surface area (Å²) in [6.45, 7) is 25.9. The Hall–Kier alpha value is -3.49. The summed E-state index contributed by atoms with van der Waals surface area (Å²) in [5, 5.41) is 9.63. The van der Waals surface area contributed by atoms with Crippen LogP contribution >= 0.6 is 0 Å². The predicted octanol–water partition coefficient (Wildman–Crippen LogP) is 11.1. The van der Waals surface area contributed by atoms with Crippen LogP contribution in [-0.2, 0) is 19.1 Å². The number of H-pyrrole nitrogens is 1. The van der Waals surface area contributed by atoms with E-state index in [1.165, 1.54) is 12.0 Å². The second-order valence-electron chi connectivity index (χ2n) is 22.5. The highest BCUT2D eigenvalue weighted by Crippen LogP contribution is 2.78. The van der Waals surface area contributed by atoms with Crippen molar-refractivity contribution in [1.29, 1.82) is 0 Å². The average molecular weight is 823 g/mol. The first-order valence-corrected chi connectivity index (χ1v) is 23.6. The van der Waals surface area contributed by atoms with Gasteiger partial charge >= 0.3 is 11.9 Å². The number of allylic oxidation sites excluding steroid dienone is 1. The molecule has 8 rings (SSSR count). The summed E-state index contributed by atoms with van der Waals surface area (Å²) >= 11 is 0. The molecule has 6 aliphatic rings. The van der Waals surface area contributed by atoms with Gasteiger partial charge in [-0.3, -0.25) is 19.4 Å². The molecule has 9 nitrogen and oxygen atoms in total. The molecule has 5 aliphatic carbocycles. The summed E-state index contributed by atoms with van der Waals surface area (Å²) in [6, 6.07) is 3.95. The minimum absolute atomic E-state index is 0.00957. The third kappa shape index (κ3) is 6.54. The Labute approximate surface area is 359 Å². The highest BCUT2D eigenvalue weighted by molar-refractivity contribution is 5.85. The van der Waals surface area contributed by atoms with Crippen molar-refractivity contribution < 1.29 is 24.2 Å². The molecule has 0 bridgehead atoms. The molecule has 0 aromatic carbocycles. The van der Waals surface area contributed by atoms with Crippen molar-refractivity contribution >= 4 is 17.8 Å². The van der Waals surface area contributed by atoms with E-state index < -0.39 is 17.8 Å². The lowest BCUT2D eigenvalue weighted by atomic mass is 9.32. The van der Waals surface area contributed by atoms with Crippen LogP contribution in [0.5, 0.6) is 0 Å². The lowest BCUT2D eigenvalue weighted by Crippen LogP contribution is -2.67. The normalized spacial score (nSPS) is 39.2. The zero-order chi connectivity index (χ0) is 43.2. The summed E-state index contributed by atoms with van der Waals surface area (Å²) in [5.74, 6) is 1.21. The van der Waals surface area contributed by atoms with Crippen molar-refractivity contribution in [3.05, 3.63) is 48.7 Å². The molecule has 1 amide bonds. The van der Waals surface area contributed by atoms with Crippen LogP contribution in [0, 0.1) is 74.4 Å².